The lowest BCUT2D eigenvalue weighted by atomic mass is 10.0. The quantitative estimate of drug-likeness (QED) is 0.772. The number of carboxylic acid groups (broad SMARTS) is 1. The number of carbonyl (C=O) groups excluding carboxylic acids is 1. The maximum atomic E-state index is 13.0. The van der Waals surface area contributed by atoms with Gasteiger partial charge in [0, 0.05) is 32.4 Å². The van der Waals surface area contributed by atoms with Gasteiger partial charge in [0.15, 0.2) is 0 Å². The highest BCUT2D eigenvalue weighted by Gasteiger charge is 2.41. The molecule has 27 heavy (non-hydrogen) atoms. The van der Waals surface area contributed by atoms with Crippen molar-refractivity contribution >= 4 is 34.3 Å². The lowest BCUT2D eigenvalue weighted by Gasteiger charge is -2.43. The minimum absolute atomic E-state index is 0.178. The number of amides is 1. The number of carbonyl (C=O) groups is 2. The Morgan fingerprint density at radius 1 is 1.37 bits per heavy atom. The molecule has 150 valence electrons. The van der Waals surface area contributed by atoms with E-state index in [2.05, 4.69) is 0 Å². The zero-order valence-corrected chi connectivity index (χ0v) is 17.5. The third-order valence-electron chi connectivity index (χ3n) is 4.49. The van der Waals surface area contributed by atoms with Gasteiger partial charge < -0.3 is 14.7 Å². The Morgan fingerprint density at radius 2 is 1.96 bits per heavy atom. The summed E-state index contributed by atoms with van der Waals surface area (Å²) in [6, 6.07) is 6.40. The van der Waals surface area contributed by atoms with Crippen molar-refractivity contribution in [2.24, 2.45) is 0 Å². The zero-order chi connectivity index (χ0) is 20.4. The molecule has 1 fully saturated rings. The molecular formula is C19H26ClNO5S. The Labute approximate surface area is 167 Å². The molecule has 8 heteroatoms. The first-order valence-electron chi connectivity index (χ1n) is 8.80. The smallest absolute Gasteiger partial charge is 0.306 e. The third-order valence-corrected chi connectivity index (χ3v) is 6.89. The summed E-state index contributed by atoms with van der Waals surface area (Å²) in [6.07, 6.45) is -1.42. The van der Waals surface area contributed by atoms with E-state index < -0.39 is 34.0 Å². The van der Waals surface area contributed by atoms with Gasteiger partial charge in [-0.2, -0.15) is 0 Å². The van der Waals surface area contributed by atoms with Crippen LogP contribution in [-0.2, 0) is 25.1 Å². The lowest BCUT2D eigenvalue weighted by molar-refractivity contribution is -0.168. The highest BCUT2D eigenvalue weighted by atomic mass is 35.5. The van der Waals surface area contributed by atoms with Crippen molar-refractivity contribution in [2.45, 2.75) is 57.1 Å². The number of aliphatic carboxylic acids is 1. The van der Waals surface area contributed by atoms with Crippen LogP contribution in [0.2, 0.25) is 5.02 Å². The molecular weight excluding hydrogens is 390 g/mol. The largest absolute Gasteiger partial charge is 0.481 e. The fourth-order valence-corrected chi connectivity index (χ4v) is 4.22. The van der Waals surface area contributed by atoms with Crippen LogP contribution in [0.4, 0.5) is 0 Å². The number of ether oxygens (including phenoxy) is 1. The first kappa shape index (κ1) is 21.9. The maximum absolute atomic E-state index is 13.0. The average molecular weight is 416 g/mol. The van der Waals surface area contributed by atoms with E-state index in [1.807, 2.05) is 39.8 Å². The predicted octanol–water partition coefficient (Wildman–Crippen LogP) is 3.02. The fraction of sp³-hybridized carbons (Fsp3) is 0.579. The second-order valence-electron chi connectivity index (χ2n) is 7.71. The molecule has 4 atom stereocenters. The molecule has 0 aliphatic carbocycles. The van der Waals surface area contributed by atoms with Crippen molar-refractivity contribution in [2.75, 3.05) is 12.4 Å². The van der Waals surface area contributed by atoms with Gasteiger partial charge >= 0.3 is 5.97 Å². The van der Waals surface area contributed by atoms with Crippen LogP contribution in [0, 0.1) is 0 Å². The van der Waals surface area contributed by atoms with Crippen molar-refractivity contribution in [1.82, 2.24) is 4.90 Å². The van der Waals surface area contributed by atoms with Crippen molar-refractivity contribution in [3.05, 3.63) is 34.9 Å². The van der Waals surface area contributed by atoms with Crippen LogP contribution in [0.5, 0.6) is 0 Å². The molecule has 1 N–H and O–H groups in total. The molecule has 1 aliphatic heterocycles. The minimum atomic E-state index is -1.15. The van der Waals surface area contributed by atoms with E-state index in [0.29, 0.717) is 10.8 Å². The van der Waals surface area contributed by atoms with Gasteiger partial charge in [-0.15, -0.1) is 0 Å². The maximum Gasteiger partial charge on any atom is 0.306 e. The van der Waals surface area contributed by atoms with Gasteiger partial charge in [-0.3, -0.25) is 13.8 Å². The first-order chi connectivity index (χ1) is 12.5. The molecule has 1 amide bonds. The van der Waals surface area contributed by atoms with Crippen molar-refractivity contribution in [3.8, 4) is 0 Å². The SMILES string of the molecule is CC(CS(=O)C(C)(C)C)N1C(=O)C(CC(=O)O)OCC1c1ccc(Cl)cc1. The van der Waals surface area contributed by atoms with Crippen molar-refractivity contribution in [3.63, 3.8) is 0 Å². The van der Waals surface area contributed by atoms with E-state index in [1.165, 1.54) is 0 Å². The summed E-state index contributed by atoms with van der Waals surface area (Å²) >= 11 is 5.96. The van der Waals surface area contributed by atoms with E-state index in [4.69, 9.17) is 21.4 Å². The normalized spacial score (nSPS) is 23.1. The molecule has 1 aromatic carbocycles. The van der Waals surface area contributed by atoms with Crippen LogP contribution < -0.4 is 0 Å². The summed E-state index contributed by atoms with van der Waals surface area (Å²) in [5.41, 5.74) is 0.843. The molecule has 0 radical (unpaired) electrons. The van der Waals surface area contributed by atoms with Crippen LogP contribution in [0.1, 0.15) is 45.7 Å². The molecule has 1 aromatic rings. The molecule has 6 nitrogen and oxygen atoms in total. The molecule has 0 saturated carbocycles. The predicted molar refractivity (Wildman–Crippen MR) is 105 cm³/mol. The Morgan fingerprint density at radius 3 is 2.48 bits per heavy atom. The monoisotopic (exact) mass is 415 g/mol. The van der Waals surface area contributed by atoms with E-state index >= 15 is 0 Å². The second-order valence-corrected chi connectivity index (χ2v) is 10.4. The molecule has 1 saturated heterocycles. The highest BCUT2D eigenvalue weighted by molar-refractivity contribution is 7.86. The second kappa shape index (κ2) is 8.71. The highest BCUT2D eigenvalue weighted by Crippen LogP contribution is 2.31. The summed E-state index contributed by atoms with van der Waals surface area (Å²) in [5, 5.41) is 9.64. The van der Waals surface area contributed by atoms with Gasteiger partial charge in [0.1, 0.15) is 6.10 Å². The number of rotatable bonds is 6. The fourth-order valence-electron chi connectivity index (χ4n) is 3.00. The van der Waals surface area contributed by atoms with Crippen LogP contribution in [0.15, 0.2) is 24.3 Å². The van der Waals surface area contributed by atoms with Crippen LogP contribution >= 0.6 is 11.6 Å². The summed E-state index contributed by atoms with van der Waals surface area (Å²) in [6.45, 7) is 7.69. The molecule has 0 aromatic heterocycles. The first-order valence-corrected chi connectivity index (χ1v) is 10.5. The van der Waals surface area contributed by atoms with Crippen LogP contribution in [0.3, 0.4) is 0 Å². The van der Waals surface area contributed by atoms with E-state index in [-0.39, 0.29) is 24.6 Å². The summed E-state index contributed by atoms with van der Waals surface area (Å²) in [7, 11) is -1.15. The number of morpholine rings is 1. The van der Waals surface area contributed by atoms with Gasteiger partial charge in [0.05, 0.1) is 19.1 Å². The minimum Gasteiger partial charge on any atom is -0.481 e. The Kier molecular flexibility index (Phi) is 7.05. The number of nitrogens with zero attached hydrogens (tertiary/aromatic N) is 1. The summed E-state index contributed by atoms with van der Waals surface area (Å²) < 4.78 is 17.8. The average Bonchev–Trinajstić information content (AvgIpc) is 2.56. The number of halogens is 1. The van der Waals surface area contributed by atoms with E-state index in [1.54, 1.807) is 17.0 Å². The van der Waals surface area contributed by atoms with Crippen LogP contribution in [-0.4, -0.2) is 55.3 Å². The Hall–Kier alpha value is -1.44. The molecule has 0 bridgehead atoms. The zero-order valence-electron chi connectivity index (χ0n) is 16.0. The summed E-state index contributed by atoms with van der Waals surface area (Å²) in [4.78, 5) is 25.7. The van der Waals surface area contributed by atoms with Gasteiger partial charge in [-0.25, -0.2) is 0 Å². The van der Waals surface area contributed by atoms with Gasteiger partial charge in [-0.05, 0) is 45.4 Å². The van der Waals surface area contributed by atoms with Gasteiger partial charge in [0.25, 0.3) is 5.91 Å². The van der Waals surface area contributed by atoms with Crippen molar-refractivity contribution in [1.29, 1.82) is 0 Å². The van der Waals surface area contributed by atoms with Gasteiger partial charge in [-0.1, -0.05) is 23.7 Å². The molecule has 1 heterocycles. The number of hydrogen-bond donors (Lipinski definition) is 1. The third kappa shape index (κ3) is 5.53. The Balaban J connectivity index is 2.32. The standard InChI is InChI=1S/C19H26ClNO5S/c1-12(11-27(25)19(2,3)4)21-15(13-5-7-14(20)8-6-13)10-26-16(18(21)24)9-17(22)23/h5-8,12,15-16H,9-11H2,1-4H3,(H,22,23). The molecule has 2 rings (SSSR count). The lowest BCUT2D eigenvalue weighted by Crippen LogP contribution is -2.55. The number of benzene rings is 1. The van der Waals surface area contributed by atoms with Crippen molar-refractivity contribution < 1.29 is 23.6 Å². The summed E-state index contributed by atoms with van der Waals surface area (Å²) in [5.74, 6) is -1.18. The molecule has 1 aliphatic rings. The van der Waals surface area contributed by atoms with Crippen LogP contribution in [0.25, 0.3) is 0 Å². The van der Waals surface area contributed by atoms with E-state index in [0.717, 1.165) is 5.56 Å². The Bertz CT molecular complexity index is 716. The molecule has 0 spiro atoms. The van der Waals surface area contributed by atoms with Gasteiger partial charge in [0.2, 0.25) is 0 Å². The molecule has 4 unspecified atom stereocenters. The van der Waals surface area contributed by atoms with E-state index in [9.17, 15) is 13.8 Å². The number of hydrogen-bond acceptors (Lipinski definition) is 4. The topological polar surface area (TPSA) is 83.9 Å². The number of carboxylic acids is 1.